The zero-order chi connectivity index (χ0) is 11.5. The van der Waals surface area contributed by atoms with Crippen molar-refractivity contribution in [1.29, 1.82) is 0 Å². The van der Waals surface area contributed by atoms with E-state index in [1.165, 1.54) is 12.0 Å². The maximum absolute atomic E-state index is 11.6. The average molecular weight is 228 g/mol. The fourth-order valence-electron chi connectivity index (χ4n) is 2.24. The summed E-state index contributed by atoms with van der Waals surface area (Å²) < 4.78 is 9.60. The van der Waals surface area contributed by atoms with Crippen LogP contribution in [0.4, 0.5) is 4.79 Å². The Morgan fingerprint density at radius 3 is 2.81 bits per heavy atom. The van der Waals surface area contributed by atoms with Gasteiger partial charge in [-0.25, -0.2) is 9.59 Å². The summed E-state index contributed by atoms with van der Waals surface area (Å²) in [7, 11) is 1.33. The normalized spacial score (nSPS) is 26.7. The van der Waals surface area contributed by atoms with E-state index in [1.807, 2.05) is 0 Å². The monoisotopic (exact) mass is 228 g/mol. The van der Waals surface area contributed by atoms with Crippen molar-refractivity contribution in [2.75, 3.05) is 26.8 Å². The van der Waals surface area contributed by atoms with E-state index in [0.29, 0.717) is 0 Å². The molecule has 0 aromatic heterocycles. The van der Waals surface area contributed by atoms with Gasteiger partial charge in [0.2, 0.25) is 0 Å². The molecule has 1 N–H and O–H groups in total. The van der Waals surface area contributed by atoms with E-state index >= 15 is 0 Å². The highest BCUT2D eigenvalue weighted by Crippen LogP contribution is 2.22. The molecule has 2 fully saturated rings. The van der Waals surface area contributed by atoms with Gasteiger partial charge in [0.15, 0.2) is 6.04 Å². The number of rotatable bonds is 2. The number of carbonyl (C=O) groups excluding carboxylic acids is 2. The Labute approximate surface area is 93.9 Å². The molecule has 1 amide bonds. The van der Waals surface area contributed by atoms with Crippen LogP contribution in [-0.4, -0.2) is 55.9 Å². The molecule has 0 aromatic carbocycles. The number of esters is 1. The third kappa shape index (κ3) is 1.97. The van der Waals surface area contributed by atoms with Crippen molar-refractivity contribution in [3.63, 3.8) is 0 Å². The van der Waals surface area contributed by atoms with Crippen molar-refractivity contribution in [3.05, 3.63) is 0 Å². The maximum atomic E-state index is 11.6. The van der Waals surface area contributed by atoms with Gasteiger partial charge >= 0.3 is 12.1 Å². The van der Waals surface area contributed by atoms with Crippen molar-refractivity contribution in [2.45, 2.75) is 24.9 Å². The van der Waals surface area contributed by atoms with Crippen LogP contribution in [0.15, 0.2) is 0 Å². The first-order valence-corrected chi connectivity index (χ1v) is 5.47. The minimum atomic E-state index is -0.569. The number of nitrogens with one attached hydrogen (secondary N) is 1. The summed E-state index contributed by atoms with van der Waals surface area (Å²) in [5, 5.41) is 3.22. The molecular formula is C10H16N2O4. The van der Waals surface area contributed by atoms with Crippen LogP contribution < -0.4 is 5.32 Å². The van der Waals surface area contributed by atoms with Crippen LogP contribution in [-0.2, 0) is 14.3 Å². The van der Waals surface area contributed by atoms with Crippen molar-refractivity contribution in [1.82, 2.24) is 10.2 Å². The van der Waals surface area contributed by atoms with Crippen molar-refractivity contribution < 1.29 is 19.1 Å². The van der Waals surface area contributed by atoms with E-state index in [9.17, 15) is 9.59 Å². The number of amides is 1. The number of ether oxygens (including phenoxy) is 2. The van der Waals surface area contributed by atoms with Gasteiger partial charge in [-0.1, -0.05) is 0 Å². The zero-order valence-corrected chi connectivity index (χ0v) is 9.27. The molecule has 0 bridgehead atoms. The molecule has 2 aliphatic rings. The summed E-state index contributed by atoms with van der Waals surface area (Å²) in [6, 6.07) is -0.485. The Kier molecular flexibility index (Phi) is 3.28. The third-order valence-electron chi connectivity index (χ3n) is 3.09. The van der Waals surface area contributed by atoms with Gasteiger partial charge in [0.05, 0.1) is 7.11 Å². The Morgan fingerprint density at radius 2 is 2.19 bits per heavy atom. The Bertz CT molecular complexity index is 289. The third-order valence-corrected chi connectivity index (χ3v) is 3.09. The van der Waals surface area contributed by atoms with Crippen LogP contribution in [0.25, 0.3) is 0 Å². The number of piperidine rings is 1. The highest BCUT2D eigenvalue weighted by Gasteiger charge is 2.43. The number of nitrogens with zero attached hydrogens (tertiary/aromatic N) is 1. The second-order valence-corrected chi connectivity index (χ2v) is 4.00. The largest absolute Gasteiger partial charge is 0.467 e. The van der Waals surface area contributed by atoms with Gasteiger partial charge < -0.3 is 14.8 Å². The molecule has 16 heavy (non-hydrogen) atoms. The lowest BCUT2D eigenvalue weighted by Gasteiger charge is -2.32. The fourth-order valence-corrected chi connectivity index (χ4v) is 2.24. The Hall–Kier alpha value is -1.30. The van der Waals surface area contributed by atoms with Crippen molar-refractivity contribution in [2.24, 2.45) is 0 Å². The first-order chi connectivity index (χ1) is 7.74. The number of methoxy groups -OCH3 is 1. The molecule has 0 aliphatic carbocycles. The summed E-state index contributed by atoms with van der Waals surface area (Å²) in [4.78, 5) is 24.6. The molecular weight excluding hydrogens is 212 g/mol. The van der Waals surface area contributed by atoms with E-state index in [1.54, 1.807) is 0 Å². The van der Waals surface area contributed by atoms with Gasteiger partial charge in [-0.2, -0.15) is 0 Å². The molecule has 0 spiro atoms. The molecule has 0 saturated carbocycles. The Morgan fingerprint density at radius 1 is 1.50 bits per heavy atom. The lowest BCUT2D eigenvalue weighted by molar-refractivity contribution is -0.145. The second-order valence-electron chi connectivity index (χ2n) is 4.00. The highest BCUT2D eigenvalue weighted by molar-refractivity contribution is 5.84. The molecule has 1 atom stereocenters. The van der Waals surface area contributed by atoms with Gasteiger partial charge in [-0.15, -0.1) is 0 Å². The molecule has 6 heteroatoms. The van der Waals surface area contributed by atoms with E-state index in [2.05, 4.69) is 10.1 Å². The summed E-state index contributed by atoms with van der Waals surface area (Å²) >= 11 is 0. The average Bonchev–Trinajstić information content (AvgIpc) is 2.71. The molecule has 0 radical (unpaired) electrons. The summed E-state index contributed by atoms with van der Waals surface area (Å²) in [5.74, 6) is -0.399. The minimum Gasteiger partial charge on any atom is -0.467 e. The number of hydrogen-bond acceptors (Lipinski definition) is 5. The Balaban J connectivity index is 2.08. The first kappa shape index (κ1) is 11.2. The molecule has 2 saturated heterocycles. The minimum absolute atomic E-state index is 0.0837. The van der Waals surface area contributed by atoms with Crippen LogP contribution in [0.5, 0.6) is 0 Å². The van der Waals surface area contributed by atoms with Gasteiger partial charge in [0, 0.05) is 6.04 Å². The molecule has 0 aromatic rings. The van der Waals surface area contributed by atoms with E-state index < -0.39 is 18.1 Å². The van der Waals surface area contributed by atoms with Crippen LogP contribution in [0.3, 0.4) is 0 Å². The van der Waals surface area contributed by atoms with Gasteiger partial charge in [0.25, 0.3) is 0 Å². The van der Waals surface area contributed by atoms with Gasteiger partial charge in [-0.05, 0) is 25.9 Å². The molecule has 2 rings (SSSR count). The van der Waals surface area contributed by atoms with Gasteiger partial charge in [-0.3, -0.25) is 4.90 Å². The standard InChI is InChI=1S/C10H16N2O4/c1-15-9(13)8-6-16-10(14)12(8)7-2-4-11-5-3-7/h7-8,11H,2-6H2,1H3/t8-/m1/s1. The molecule has 2 heterocycles. The van der Waals surface area contributed by atoms with Crippen molar-refractivity contribution in [3.8, 4) is 0 Å². The lowest BCUT2D eigenvalue weighted by Crippen LogP contribution is -2.50. The maximum Gasteiger partial charge on any atom is 0.410 e. The topological polar surface area (TPSA) is 67.9 Å². The zero-order valence-electron chi connectivity index (χ0n) is 9.27. The van der Waals surface area contributed by atoms with Crippen LogP contribution >= 0.6 is 0 Å². The lowest BCUT2D eigenvalue weighted by atomic mass is 10.0. The predicted molar refractivity (Wildman–Crippen MR) is 54.9 cm³/mol. The smallest absolute Gasteiger partial charge is 0.410 e. The van der Waals surface area contributed by atoms with E-state index in [-0.39, 0.29) is 12.6 Å². The first-order valence-electron chi connectivity index (χ1n) is 5.47. The number of carbonyl (C=O) groups is 2. The van der Waals surface area contributed by atoms with E-state index in [0.717, 1.165) is 25.9 Å². The van der Waals surface area contributed by atoms with Crippen LogP contribution in [0.2, 0.25) is 0 Å². The highest BCUT2D eigenvalue weighted by atomic mass is 16.6. The molecule has 6 nitrogen and oxygen atoms in total. The number of hydrogen-bond donors (Lipinski definition) is 1. The molecule has 2 aliphatic heterocycles. The summed E-state index contributed by atoms with van der Waals surface area (Å²) in [6.45, 7) is 1.83. The van der Waals surface area contributed by atoms with Crippen LogP contribution in [0, 0.1) is 0 Å². The molecule has 90 valence electrons. The summed E-state index contributed by atoms with van der Waals surface area (Å²) in [5.41, 5.74) is 0. The number of cyclic esters (lactones) is 1. The SMILES string of the molecule is COC(=O)[C@H]1COC(=O)N1C1CCNCC1. The van der Waals surface area contributed by atoms with E-state index in [4.69, 9.17) is 4.74 Å². The van der Waals surface area contributed by atoms with Crippen molar-refractivity contribution >= 4 is 12.1 Å². The van der Waals surface area contributed by atoms with Crippen LogP contribution in [0.1, 0.15) is 12.8 Å². The molecule has 0 unspecified atom stereocenters. The quantitative estimate of drug-likeness (QED) is 0.659. The predicted octanol–water partition coefficient (Wildman–Crippen LogP) is -0.268. The second kappa shape index (κ2) is 4.69. The van der Waals surface area contributed by atoms with Gasteiger partial charge in [0.1, 0.15) is 6.61 Å². The fraction of sp³-hybridized carbons (Fsp3) is 0.800. The summed E-state index contributed by atoms with van der Waals surface area (Å²) in [6.07, 6.45) is 1.30.